The molecule has 2 rings (SSSR count). The number of sulfone groups is 1. The number of anilines is 1. The highest BCUT2D eigenvalue weighted by Crippen LogP contribution is 2.28. The van der Waals surface area contributed by atoms with E-state index >= 15 is 0 Å². The average Bonchev–Trinajstić information content (AvgIpc) is 2.82. The van der Waals surface area contributed by atoms with Crippen LogP contribution in [0.4, 0.5) is 5.69 Å². The monoisotopic (exact) mass is 299 g/mol. The standard InChI is InChI=1S/C13H17NO5S/c1-19-10-7-12(13(15)16)14(8-10)9-3-5-11(6-4-9)20(2,17)18/h3-6,10,12H,7-8H2,1-2H3,(H,15,16). The Morgan fingerprint density at radius 3 is 2.40 bits per heavy atom. The lowest BCUT2D eigenvalue weighted by Gasteiger charge is -2.23. The quantitative estimate of drug-likeness (QED) is 0.884. The number of carboxylic acid groups (broad SMARTS) is 1. The van der Waals surface area contributed by atoms with Gasteiger partial charge in [0.25, 0.3) is 0 Å². The van der Waals surface area contributed by atoms with E-state index in [0.717, 1.165) is 6.26 Å². The summed E-state index contributed by atoms with van der Waals surface area (Å²) in [5.74, 6) is -0.906. The van der Waals surface area contributed by atoms with E-state index in [1.54, 1.807) is 24.1 Å². The van der Waals surface area contributed by atoms with Crippen LogP contribution in [0, 0.1) is 0 Å². The highest BCUT2D eigenvalue weighted by atomic mass is 32.2. The van der Waals surface area contributed by atoms with Crippen LogP contribution in [0.5, 0.6) is 0 Å². The summed E-state index contributed by atoms with van der Waals surface area (Å²) >= 11 is 0. The summed E-state index contributed by atoms with van der Waals surface area (Å²) in [5, 5.41) is 9.25. The van der Waals surface area contributed by atoms with Crippen molar-refractivity contribution >= 4 is 21.5 Å². The SMILES string of the molecule is COC1CC(C(=O)O)N(c2ccc(S(C)(=O)=O)cc2)C1. The van der Waals surface area contributed by atoms with E-state index in [-0.39, 0.29) is 11.0 Å². The zero-order valence-corrected chi connectivity index (χ0v) is 12.1. The number of rotatable bonds is 4. The normalized spacial score (nSPS) is 23.0. The molecule has 0 aliphatic carbocycles. The maximum atomic E-state index is 11.4. The predicted molar refractivity (Wildman–Crippen MR) is 73.7 cm³/mol. The Balaban J connectivity index is 2.28. The van der Waals surface area contributed by atoms with Crippen molar-refractivity contribution in [3.8, 4) is 0 Å². The van der Waals surface area contributed by atoms with Crippen LogP contribution in [-0.2, 0) is 19.4 Å². The maximum absolute atomic E-state index is 11.4. The molecule has 1 aliphatic heterocycles. The minimum atomic E-state index is -3.25. The van der Waals surface area contributed by atoms with Crippen LogP contribution in [0.1, 0.15) is 6.42 Å². The highest BCUT2D eigenvalue weighted by molar-refractivity contribution is 7.90. The van der Waals surface area contributed by atoms with Gasteiger partial charge in [-0.05, 0) is 24.3 Å². The molecule has 20 heavy (non-hydrogen) atoms. The molecule has 1 aliphatic rings. The Morgan fingerprint density at radius 2 is 1.95 bits per heavy atom. The van der Waals surface area contributed by atoms with Gasteiger partial charge in [0.05, 0.1) is 11.0 Å². The van der Waals surface area contributed by atoms with Gasteiger partial charge in [-0.1, -0.05) is 0 Å². The van der Waals surface area contributed by atoms with Crippen molar-refractivity contribution in [1.29, 1.82) is 0 Å². The lowest BCUT2D eigenvalue weighted by atomic mass is 10.2. The molecular weight excluding hydrogens is 282 g/mol. The van der Waals surface area contributed by atoms with Gasteiger partial charge in [-0.15, -0.1) is 0 Å². The molecule has 0 amide bonds. The summed E-state index contributed by atoms with van der Waals surface area (Å²) in [6, 6.07) is 5.59. The van der Waals surface area contributed by atoms with E-state index in [4.69, 9.17) is 4.74 Å². The molecule has 1 fully saturated rings. The zero-order valence-electron chi connectivity index (χ0n) is 11.3. The molecule has 110 valence electrons. The first-order chi connectivity index (χ1) is 9.32. The number of carboxylic acids is 1. The number of carbonyl (C=O) groups is 1. The van der Waals surface area contributed by atoms with Gasteiger partial charge in [0.1, 0.15) is 6.04 Å². The minimum absolute atomic E-state index is 0.134. The molecule has 1 aromatic rings. The Kier molecular flexibility index (Phi) is 4.01. The topological polar surface area (TPSA) is 83.9 Å². The lowest BCUT2D eigenvalue weighted by molar-refractivity contribution is -0.138. The first-order valence-corrected chi connectivity index (χ1v) is 8.04. The van der Waals surface area contributed by atoms with E-state index < -0.39 is 21.8 Å². The van der Waals surface area contributed by atoms with Crippen LogP contribution < -0.4 is 4.90 Å². The molecule has 0 aromatic heterocycles. The van der Waals surface area contributed by atoms with Gasteiger partial charge in [0.15, 0.2) is 9.84 Å². The fraction of sp³-hybridized carbons (Fsp3) is 0.462. The first-order valence-electron chi connectivity index (χ1n) is 6.15. The van der Waals surface area contributed by atoms with Crippen molar-refractivity contribution in [1.82, 2.24) is 0 Å². The maximum Gasteiger partial charge on any atom is 0.326 e. The van der Waals surface area contributed by atoms with Gasteiger partial charge in [0, 0.05) is 32.0 Å². The van der Waals surface area contributed by atoms with Crippen LogP contribution in [0.25, 0.3) is 0 Å². The molecule has 1 heterocycles. The smallest absolute Gasteiger partial charge is 0.326 e. The van der Waals surface area contributed by atoms with E-state index in [2.05, 4.69) is 0 Å². The summed E-state index contributed by atoms with van der Waals surface area (Å²) in [7, 11) is -1.69. The largest absolute Gasteiger partial charge is 0.480 e. The van der Waals surface area contributed by atoms with Crippen molar-refractivity contribution in [3.05, 3.63) is 24.3 Å². The van der Waals surface area contributed by atoms with Gasteiger partial charge >= 0.3 is 5.97 Å². The number of nitrogens with zero attached hydrogens (tertiary/aromatic N) is 1. The second kappa shape index (κ2) is 5.41. The molecule has 1 N–H and O–H groups in total. The van der Waals surface area contributed by atoms with Gasteiger partial charge in [-0.25, -0.2) is 13.2 Å². The number of benzene rings is 1. The fourth-order valence-corrected chi connectivity index (χ4v) is 3.00. The van der Waals surface area contributed by atoms with Crippen LogP contribution in [0.2, 0.25) is 0 Å². The molecule has 1 aromatic carbocycles. The Hall–Kier alpha value is -1.60. The van der Waals surface area contributed by atoms with E-state index in [0.29, 0.717) is 18.7 Å². The lowest BCUT2D eigenvalue weighted by Crippen LogP contribution is -2.35. The number of methoxy groups -OCH3 is 1. The average molecular weight is 299 g/mol. The first kappa shape index (κ1) is 14.8. The van der Waals surface area contributed by atoms with Gasteiger partial charge < -0.3 is 14.7 Å². The van der Waals surface area contributed by atoms with E-state index in [1.165, 1.54) is 12.1 Å². The summed E-state index contributed by atoms with van der Waals surface area (Å²) in [4.78, 5) is 13.2. The summed E-state index contributed by atoms with van der Waals surface area (Å²) in [6.07, 6.45) is 1.42. The molecule has 6 nitrogen and oxygen atoms in total. The van der Waals surface area contributed by atoms with Gasteiger partial charge in [0.2, 0.25) is 0 Å². The Labute approximate surface area is 117 Å². The second-order valence-corrected chi connectivity index (χ2v) is 6.88. The van der Waals surface area contributed by atoms with Crippen LogP contribution in [-0.4, -0.2) is 51.5 Å². The Bertz CT molecular complexity index is 596. The summed E-state index contributed by atoms with van der Waals surface area (Å²) in [5.41, 5.74) is 0.685. The number of ether oxygens (including phenoxy) is 1. The molecule has 0 bridgehead atoms. The third-order valence-electron chi connectivity index (χ3n) is 3.48. The summed E-state index contributed by atoms with van der Waals surface area (Å²) < 4.78 is 28.0. The van der Waals surface area contributed by atoms with Crippen LogP contribution in [0.15, 0.2) is 29.2 Å². The minimum Gasteiger partial charge on any atom is -0.480 e. The molecule has 1 saturated heterocycles. The molecule has 7 heteroatoms. The van der Waals surface area contributed by atoms with Gasteiger partial charge in [-0.3, -0.25) is 0 Å². The molecule has 0 saturated carbocycles. The van der Waals surface area contributed by atoms with Crippen molar-refractivity contribution < 1.29 is 23.1 Å². The summed E-state index contributed by atoms with van der Waals surface area (Å²) in [6.45, 7) is 0.478. The number of hydrogen-bond acceptors (Lipinski definition) is 5. The molecule has 2 atom stereocenters. The van der Waals surface area contributed by atoms with Crippen molar-refractivity contribution in [2.75, 3.05) is 24.8 Å². The molecule has 2 unspecified atom stereocenters. The molecule has 0 spiro atoms. The zero-order chi connectivity index (χ0) is 14.9. The number of hydrogen-bond donors (Lipinski definition) is 1. The third-order valence-corrected chi connectivity index (χ3v) is 4.61. The van der Waals surface area contributed by atoms with Crippen molar-refractivity contribution in [2.45, 2.75) is 23.5 Å². The van der Waals surface area contributed by atoms with Gasteiger partial charge in [-0.2, -0.15) is 0 Å². The second-order valence-electron chi connectivity index (χ2n) is 4.87. The Morgan fingerprint density at radius 1 is 1.35 bits per heavy atom. The van der Waals surface area contributed by atoms with Crippen LogP contribution >= 0.6 is 0 Å². The fourth-order valence-electron chi connectivity index (χ4n) is 2.37. The van der Waals surface area contributed by atoms with Crippen LogP contribution in [0.3, 0.4) is 0 Å². The predicted octanol–water partition coefficient (Wildman–Crippen LogP) is 0.768. The number of aliphatic carboxylic acids is 1. The molecular formula is C13H17NO5S. The third kappa shape index (κ3) is 2.94. The van der Waals surface area contributed by atoms with Crippen molar-refractivity contribution in [3.63, 3.8) is 0 Å². The van der Waals surface area contributed by atoms with E-state index in [9.17, 15) is 18.3 Å². The van der Waals surface area contributed by atoms with Crippen molar-refractivity contribution in [2.24, 2.45) is 0 Å². The molecule has 0 radical (unpaired) electrons. The highest BCUT2D eigenvalue weighted by Gasteiger charge is 2.37. The van der Waals surface area contributed by atoms with E-state index in [1.807, 2.05) is 0 Å².